The number of hydrogen-bond donors (Lipinski definition) is 0. The summed E-state index contributed by atoms with van der Waals surface area (Å²) in [4.78, 5) is 25.7. The molecule has 1 fully saturated rings. The third kappa shape index (κ3) is 10.4. The largest absolute Gasteiger partial charge is 0.569 e. The van der Waals surface area contributed by atoms with Gasteiger partial charge in [0.15, 0.2) is 9.84 Å². The minimum atomic E-state index is -3.14. The first kappa shape index (κ1) is 31.8. The van der Waals surface area contributed by atoms with Crippen molar-refractivity contribution in [2.24, 2.45) is 5.28 Å². The Morgan fingerprint density at radius 2 is 2.00 bits per heavy atom. The molecule has 0 aromatic carbocycles. The van der Waals surface area contributed by atoms with Gasteiger partial charge >= 0.3 is 0 Å². The Balaban J connectivity index is 0.000000450. The zero-order chi connectivity index (χ0) is 27.5. The number of sulfone groups is 1. The van der Waals surface area contributed by atoms with Crippen LogP contribution in [-0.4, -0.2) is 82.3 Å². The lowest BCUT2D eigenvalue weighted by Gasteiger charge is -2.26. The monoisotopic (exact) mass is 550 g/mol. The van der Waals surface area contributed by atoms with Crippen molar-refractivity contribution in [2.75, 3.05) is 20.1 Å². The van der Waals surface area contributed by atoms with Crippen LogP contribution in [0.25, 0.3) is 0 Å². The maximum Gasteiger partial charge on any atom is 0.252 e. The fourth-order valence-electron chi connectivity index (χ4n) is 2.44. The van der Waals surface area contributed by atoms with Crippen molar-refractivity contribution < 1.29 is 32.3 Å². The molecule has 1 aliphatic heterocycles. The summed E-state index contributed by atoms with van der Waals surface area (Å²) in [5.41, 5.74) is -0.371. The molecule has 0 saturated carbocycles. The lowest BCUT2D eigenvalue weighted by Crippen LogP contribution is -2.43. The number of hydrogen-bond acceptors (Lipinski definition) is 11. The van der Waals surface area contributed by atoms with Gasteiger partial charge in [-0.3, -0.25) is 9.78 Å². The second-order valence-corrected chi connectivity index (χ2v) is 13.2. The highest BCUT2D eigenvalue weighted by atomic mass is 32.2. The van der Waals surface area contributed by atoms with Gasteiger partial charge in [0.1, 0.15) is 6.10 Å². The minimum Gasteiger partial charge on any atom is -0.569 e. The van der Waals surface area contributed by atoms with E-state index in [9.17, 15) is 18.4 Å². The molecule has 0 aliphatic carbocycles. The molecule has 1 saturated heterocycles. The van der Waals surface area contributed by atoms with Gasteiger partial charge in [-0.25, -0.2) is 8.42 Å². The number of amides is 1. The molecule has 0 spiro atoms. The molecule has 1 unspecified atom stereocenters. The van der Waals surface area contributed by atoms with Crippen molar-refractivity contribution in [3.8, 4) is 0 Å². The number of nitrogens with zero attached hydrogens (tertiary/aromatic N) is 6. The van der Waals surface area contributed by atoms with Crippen LogP contribution in [0.2, 0.25) is 0 Å². The smallest absolute Gasteiger partial charge is 0.252 e. The predicted molar refractivity (Wildman–Crippen MR) is 134 cm³/mol. The van der Waals surface area contributed by atoms with Gasteiger partial charge < -0.3 is 10.0 Å². The van der Waals surface area contributed by atoms with Gasteiger partial charge in [0.2, 0.25) is 5.28 Å². The van der Waals surface area contributed by atoms with Crippen LogP contribution in [0.5, 0.6) is 0 Å². The lowest BCUT2D eigenvalue weighted by atomic mass is 10.1. The number of rotatable bonds is 11. The summed E-state index contributed by atoms with van der Waals surface area (Å²) in [6.45, 7) is 13.7. The van der Waals surface area contributed by atoms with E-state index in [4.69, 9.17) is 14.2 Å². The van der Waals surface area contributed by atoms with Crippen LogP contribution in [0.4, 0.5) is 0 Å². The number of hydroxylamine groups is 1. The molecule has 1 atom stereocenters. The first-order valence-electron chi connectivity index (χ1n) is 11.4. The van der Waals surface area contributed by atoms with Crippen molar-refractivity contribution in [3.05, 3.63) is 29.7 Å². The highest BCUT2D eigenvalue weighted by molar-refractivity contribution is 7.95. The Kier molecular flexibility index (Phi) is 12.8. The minimum absolute atomic E-state index is 0.204. The molecule has 36 heavy (non-hydrogen) atoms. The van der Waals surface area contributed by atoms with Gasteiger partial charge in [-0.15, -0.1) is 14.5 Å². The summed E-state index contributed by atoms with van der Waals surface area (Å²) in [7, 11) is -1.51. The van der Waals surface area contributed by atoms with Crippen LogP contribution in [0, 0.1) is 5.21 Å². The van der Waals surface area contributed by atoms with Crippen LogP contribution in [0.3, 0.4) is 0 Å². The Hall–Kier alpha value is -2.20. The molecule has 13 nitrogen and oxygen atoms in total. The summed E-state index contributed by atoms with van der Waals surface area (Å²) < 4.78 is 27.9. The van der Waals surface area contributed by atoms with Gasteiger partial charge in [-0.1, -0.05) is 18.8 Å². The van der Waals surface area contributed by atoms with Crippen molar-refractivity contribution in [2.45, 2.75) is 81.9 Å². The number of carbonyl (C=O) groups excluding carboxylic acids is 1. The lowest BCUT2D eigenvalue weighted by molar-refractivity contribution is -0.720. The van der Waals surface area contributed by atoms with Gasteiger partial charge in [0.25, 0.3) is 6.41 Å². The zero-order valence-electron chi connectivity index (χ0n) is 22.1. The van der Waals surface area contributed by atoms with Crippen molar-refractivity contribution in [1.82, 2.24) is 20.2 Å². The summed E-state index contributed by atoms with van der Waals surface area (Å²) in [5, 5.41) is 19.2. The summed E-state index contributed by atoms with van der Waals surface area (Å²) in [6, 6.07) is 3.18. The molecule has 206 valence electrons. The molecule has 1 aliphatic rings. The second kappa shape index (κ2) is 14.5. The molecular formula is C21H38N6O7S2. The highest BCUT2D eigenvalue weighted by Gasteiger charge is 2.31. The first-order chi connectivity index (χ1) is 16.7. The number of pyridine rings is 1. The Morgan fingerprint density at radius 3 is 2.50 bits per heavy atom. The standard InChI is InChI=1S/C13H27N5O5S.C8H11NO2S/c1-11(2)24-23-22-17(10-19)16-8-7-12(9-16)21-14-18(20)15(6)13(3,4)5;1-7(2)12(10,11)8-4-3-5-9-6-8/h10-12H,7-9H2,1-6H3;3-7H,1-2H3. The van der Waals surface area contributed by atoms with E-state index < -0.39 is 9.84 Å². The van der Waals surface area contributed by atoms with Crippen molar-refractivity contribution in [3.63, 3.8) is 0 Å². The molecule has 2 heterocycles. The van der Waals surface area contributed by atoms with E-state index in [1.807, 2.05) is 34.6 Å². The Labute approximate surface area is 217 Å². The molecular weight excluding hydrogens is 512 g/mol. The number of hydrazine groups is 2. The number of carbonyl (C=O) groups is 1. The van der Waals surface area contributed by atoms with Gasteiger partial charge in [0, 0.05) is 42.7 Å². The van der Waals surface area contributed by atoms with Gasteiger partial charge in [-0.05, 0) is 46.8 Å². The van der Waals surface area contributed by atoms with Gasteiger partial charge in [0.05, 0.1) is 34.2 Å². The topological polar surface area (TPSA) is 140 Å². The summed E-state index contributed by atoms with van der Waals surface area (Å²) in [5.74, 6) is 0. The third-order valence-electron chi connectivity index (χ3n) is 4.91. The van der Waals surface area contributed by atoms with E-state index >= 15 is 0 Å². The molecule has 15 heteroatoms. The number of aromatic nitrogens is 1. The third-order valence-corrected chi connectivity index (χ3v) is 7.57. The van der Waals surface area contributed by atoms with Crippen LogP contribution in [0.1, 0.15) is 54.9 Å². The van der Waals surface area contributed by atoms with Crippen LogP contribution < -0.4 is 0 Å². The zero-order valence-corrected chi connectivity index (χ0v) is 23.7. The fourth-order valence-corrected chi connectivity index (χ4v) is 3.72. The van der Waals surface area contributed by atoms with E-state index in [0.717, 1.165) is 17.2 Å². The first-order valence-corrected chi connectivity index (χ1v) is 13.8. The molecule has 1 aromatic rings. The van der Waals surface area contributed by atoms with E-state index in [0.29, 0.717) is 35.8 Å². The molecule has 0 bridgehead atoms. The molecule has 2 rings (SSSR count). The van der Waals surface area contributed by atoms with E-state index in [1.165, 1.54) is 11.2 Å². The molecule has 1 amide bonds. The molecule has 1 aromatic heterocycles. The fraction of sp³-hybridized carbons (Fsp3) is 0.714. The van der Waals surface area contributed by atoms with Crippen LogP contribution in [0.15, 0.2) is 34.7 Å². The second-order valence-electron chi connectivity index (χ2n) is 9.44. The highest BCUT2D eigenvalue weighted by Crippen LogP contribution is 2.18. The summed E-state index contributed by atoms with van der Waals surface area (Å²) >= 11 is 1.10. The van der Waals surface area contributed by atoms with Crippen molar-refractivity contribution in [1.29, 1.82) is 0 Å². The maximum absolute atomic E-state index is 11.8. The van der Waals surface area contributed by atoms with E-state index in [-0.39, 0.29) is 22.1 Å². The Morgan fingerprint density at radius 1 is 1.33 bits per heavy atom. The Bertz CT molecular complexity index is 926. The quantitative estimate of drug-likeness (QED) is 0.100. The van der Waals surface area contributed by atoms with Crippen LogP contribution in [-0.2, 0) is 28.8 Å². The summed E-state index contributed by atoms with van der Waals surface area (Å²) in [6.07, 6.45) is 3.71. The van der Waals surface area contributed by atoms with Gasteiger partial charge in [-0.2, -0.15) is 5.01 Å². The normalized spacial score (nSPS) is 17.1. The van der Waals surface area contributed by atoms with E-state index in [2.05, 4.69) is 10.3 Å². The average molecular weight is 551 g/mol. The average Bonchev–Trinajstić information content (AvgIpc) is 3.28. The molecule has 0 radical (unpaired) electrons. The predicted octanol–water partition coefficient (Wildman–Crippen LogP) is 3.16. The maximum atomic E-state index is 11.8. The SMILES string of the molecule is CC(C)S(=O)(=O)c1cccnc1.CC(C)SOON(C=O)N1CCC(ON=[N+]([O-])N(C)C(C)(C)C)C1. The van der Waals surface area contributed by atoms with Crippen LogP contribution >= 0.6 is 12.0 Å². The molecule has 0 N–H and O–H groups in total. The van der Waals surface area contributed by atoms with Crippen molar-refractivity contribution >= 4 is 28.3 Å². The van der Waals surface area contributed by atoms with E-state index in [1.54, 1.807) is 44.2 Å².